The van der Waals surface area contributed by atoms with Crippen molar-refractivity contribution in [3.05, 3.63) is 52.3 Å². The van der Waals surface area contributed by atoms with Crippen LogP contribution in [0.3, 0.4) is 0 Å². The van der Waals surface area contributed by atoms with E-state index >= 15 is 0 Å². The number of halogens is 2. The Morgan fingerprint density at radius 3 is 2.74 bits per heavy atom. The topological polar surface area (TPSA) is 51.2 Å². The molecule has 2 rings (SSSR count). The van der Waals surface area contributed by atoms with E-state index in [0.717, 1.165) is 0 Å². The molecular formula is C13H10Cl2N2O2. The average molecular weight is 297 g/mol. The third-order valence-corrected chi connectivity index (χ3v) is 2.92. The summed E-state index contributed by atoms with van der Waals surface area (Å²) in [5.41, 5.74) is 1.01. The molecular weight excluding hydrogens is 287 g/mol. The van der Waals surface area contributed by atoms with Crippen LogP contribution in [0, 0.1) is 0 Å². The number of nitrogens with zero attached hydrogens (tertiary/aromatic N) is 1. The molecule has 0 fully saturated rings. The number of carbonyl (C=O) groups is 1. The number of carbonyl (C=O) groups excluding carboxylic acids is 1. The van der Waals surface area contributed by atoms with E-state index in [1.165, 1.54) is 19.4 Å². The molecule has 0 unspecified atom stereocenters. The third kappa shape index (κ3) is 3.36. The van der Waals surface area contributed by atoms with Gasteiger partial charge in [0.25, 0.3) is 5.91 Å². The molecule has 98 valence electrons. The molecule has 0 radical (unpaired) electrons. The van der Waals surface area contributed by atoms with Crippen molar-refractivity contribution < 1.29 is 9.53 Å². The first-order valence-electron chi connectivity index (χ1n) is 5.36. The number of rotatable bonds is 3. The minimum absolute atomic E-state index is 0.265. The summed E-state index contributed by atoms with van der Waals surface area (Å²) < 4.78 is 5.08. The largest absolute Gasteiger partial charge is 0.495 e. The number of anilines is 1. The molecule has 0 aliphatic rings. The summed E-state index contributed by atoms with van der Waals surface area (Å²) >= 11 is 11.6. The molecule has 0 aliphatic carbocycles. The minimum atomic E-state index is -0.284. The summed E-state index contributed by atoms with van der Waals surface area (Å²) in [5.74, 6) is 0.209. The van der Waals surface area contributed by atoms with Crippen LogP contribution in [0.25, 0.3) is 0 Å². The second-order valence-electron chi connectivity index (χ2n) is 3.67. The maximum absolute atomic E-state index is 12.0. The van der Waals surface area contributed by atoms with Crippen molar-refractivity contribution in [1.82, 2.24) is 4.98 Å². The number of ether oxygens (including phenoxy) is 1. The maximum Gasteiger partial charge on any atom is 0.255 e. The highest BCUT2D eigenvalue weighted by Gasteiger charge is 2.08. The first kappa shape index (κ1) is 13.6. The number of hydrogen-bond donors (Lipinski definition) is 1. The molecule has 0 atom stereocenters. The second kappa shape index (κ2) is 5.91. The summed E-state index contributed by atoms with van der Waals surface area (Å²) in [6.07, 6.45) is 1.47. The molecule has 0 saturated carbocycles. The van der Waals surface area contributed by atoms with Crippen LogP contribution < -0.4 is 10.1 Å². The first-order valence-corrected chi connectivity index (χ1v) is 6.12. The van der Waals surface area contributed by atoms with Gasteiger partial charge < -0.3 is 10.1 Å². The zero-order valence-electron chi connectivity index (χ0n) is 9.98. The Labute approximate surface area is 120 Å². The number of nitrogens with one attached hydrogen (secondary N) is 1. The lowest BCUT2D eigenvalue weighted by Gasteiger charge is -2.08. The smallest absolute Gasteiger partial charge is 0.255 e. The molecule has 2 aromatic rings. The quantitative estimate of drug-likeness (QED) is 0.880. The van der Waals surface area contributed by atoms with E-state index in [1.807, 2.05) is 0 Å². The van der Waals surface area contributed by atoms with Gasteiger partial charge in [-0.1, -0.05) is 23.2 Å². The second-order valence-corrected chi connectivity index (χ2v) is 4.47. The molecule has 0 spiro atoms. The van der Waals surface area contributed by atoms with Gasteiger partial charge in [-0.25, -0.2) is 4.98 Å². The van der Waals surface area contributed by atoms with Crippen LogP contribution >= 0.6 is 23.2 Å². The van der Waals surface area contributed by atoms with Gasteiger partial charge in [-0.2, -0.15) is 0 Å². The van der Waals surface area contributed by atoms with E-state index in [2.05, 4.69) is 10.3 Å². The summed E-state index contributed by atoms with van der Waals surface area (Å²) in [7, 11) is 1.51. The SMILES string of the molecule is COc1cc(NC(=O)c2ccnc(Cl)c2)ccc1Cl. The molecule has 1 amide bonds. The van der Waals surface area contributed by atoms with Gasteiger partial charge in [-0.3, -0.25) is 4.79 Å². The molecule has 1 aromatic carbocycles. The molecule has 6 heteroatoms. The Hall–Kier alpha value is -1.78. The van der Waals surface area contributed by atoms with Gasteiger partial charge in [0.05, 0.1) is 12.1 Å². The van der Waals surface area contributed by atoms with Crippen LogP contribution in [-0.4, -0.2) is 18.0 Å². The summed E-state index contributed by atoms with van der Waals surface area (Å²) in [5, 5.41) is 3.47. The fourth-order valence-corrected chi connectivity index (χ4v) is 1.85. The van der Waals surface area contributed by atoms with Gasteiger partial charge in [0, 0.05) is 23.5 Å². The highest BCUT2D eigenvalue weighted by molar-refractivity contribution is 6.32. The van der Waals surface area contributed by atoms with Crippen LogP contribution in [0.5, 0.6) is 5.75 Å². The van der Waals surface area contributed by atoms with E-state index in [0.29, 0.717) is 22.0 Å². The zero-order valence-corrected chi connectivity index (χ0v) is 11.5. The lowest BCUT2D eigenvalue weighted by Crippen LogP contribution is -2.12. The van der Waals surface area contributed by atoms with E-state index in [-0.39, 0.29) is 11.1 Å². The van der Waals surface area contributed by atoms with Crippen LogP contribution in [0.15, 0.2) is 36.5 Å². The van der Waals surface area contributed by atoms with Crippen LogP contribution in [0.1, 0.15) is 10.4 Å². The Bertz CT molecular complexity index is 617. The Morgan fingerprint density at radius 2 is 2.05 bits per heavy atom. The third-order valence-electron chi connectivity index (χ3n) is 2.40. The fraction of sp³-hybridized carbons (Fsp3) is 0.0769. The van der Waals surface area contributed by atoms with Gasteiger partial charge in [0.2, 0.25) is 0 Å². The normalized spacial score (nSPS) is 10.1. The highest BCUT2D eigenvalue weighted by atomic mass is 35.5. The lowest BCUT2D eigenvalue weighted by molar-refractivity contribution is 0.102. The van der Waals surface area contributed by atoms with Crippen molar-refractivity contribution in [2.75, 3.05) is 12.4 Å². The van der Waals surface area contributed by atoms with Gasteiger partial charge >= 0.3 is 0 Å². The standard InChI is InChI=1S/C13H10Cl2N2O2/c1-19-11-7-9(2-3-10(11)14)17-13(18)8-4-5-16-12(15)6-8/h2-7H,1H3,(H,17,18). The summed E-state index contributed by atoms with van der Waals surface area (Å²) in [4.78, 5) is 15.8. The van der Waals surface area contributed by atoms with E-state index in [4.69, 9.17) is 27.9 Å². The molecule has 4 nitrogen and oxygen atoms in total. The van der Waals surface area contributed by atoms with Gasteiger partial charge in [-0.05, 0) is 24.3 Å². The molecule has 0 aliphatic heterocycles. The molecule has 1 heterocycles. The predicted octanol–water partition coefficient (Wildman–Crippen LogP) is 3.65. The monoisotopic (exact) mass is 296 g/mol. The Morgan fingerprint density at radius 1 is 1.26 bits per heavy atom. The lowest BCUT2D eigenvalue weighted by atomic mass is 10.2. The summed E-state index contributed by atoms with van der Waals surface area (Å²) in [6.45, 7) is 0. The zero-order chi connectivity index (χ0) is 13.8. The Balaban J connectivity index is 2.19. The van der Waals surface area contributed by atoms with Crippen molar-refractivity contribution in [2.45, 2.75) is 0 Å². The molecule has 1 N–H and O–H groups in total. The molecule has 1 aromatic heterocycles. The van der Waals surface area contributed by atoms with Crippen LogP contribution in [0.2, 0.25) is 10.2 Å². The highest BCUT2D eigenvalue weighted by Crippen LogP contribution is 2.27. The van der Waals surface area contributed by atoms with E-state index in [1.54, 1.807) is 24.3 Å². The maximum atomic E-state index is 12.0. The molecule has 19 heavy (non-hydrogen) atoms. The number of hydrogen-bond acceptors (Lipinski definition) is 3. The fourth-order valence-electron chi connectivity index (χ4n) is 1.48. The van der Waals surface area contributed by atoms with Crippen molar-refractivity contribution >= 4 is 34.8 Å². The van der Waals surface area contributed by atoms with Crippen LogP contribution in [-0.2, 0) is 0 Å². The van der Waals surface area contributed by atoms with Crippen molar-refractivity contribution in [3.8, 4) is 5.75 Å². The van der Waals surface area contributed by atoms with Gasteiger partial charge in [0.15, 0.2) is 0 Å². The van der Waals surface area contributed by atoms with E-state index < -0.39 is 0 Å². The van der Waals surface area contributed by atoms with Crippen molar-refractivity contribution in [1.29, 1.82) is 0 Å². The number of pyridine rings is 1. The van der Waals surface area contributed by atoms with Crippen molar-refractivity contribution in [3.63, 3.8) is 0 Å². The molecule has 0 saturated heterocycles. The number of amides is 1. The average Bonchev–Trinajstić information content (AvgIpc) is 2.41. The molecule has 0 bridgehead atoms. The van der Waals surface area contributed by atoms with Crippen molar-refractivity contribution in [2.24, 2.45) is 0 Å². The number of benzene rings is 1. The minimum Gasteiger partial charge on any atom is -0.495 e. The van der Waals surface area contributed by atoms with Crippen LogP contribution in [0.4, 0.5) is 5.69 Å². The Kier molecular flexibility index (Phi) is 4.24. The first-order chi connectivity index (χ1) is 9.10. The number of methoxy groups -OCH3 is 1. The van der Waals surface area contributed by atoms with E-state index in [9.17, 15) is 4.79 Å². The van der Waals surface area contributed by atoms with Gasteiger partial charge in [-0.15, -0.1) is 0 Å². The predicted molar refractivity (Wildman–Crippen MR) is 75.2 cm³/mol. The summed E-state index contributed by atoms with van der Waals surface area (Å²) in [6, 6.07) is 8.04. The number of aromatic nitrogens is 1. The van der Waals surface area contributed by atoms with Gasteiger partial charge in [0.1, 0.15) is 10.9 Å².